The Balaban J connectivity index is 1.78. The van der Waals surface area contributed by atoms with Crippen LogP contribution in [0.3, 0.4) is 0 Å². The quantitative estimate of drug-likeness (QED) is 0.555. The van der Waals surface area contributed by atoms with Gasteiger partial charge in [-0.1, -0.05) is 60.1 Å². The van der Waals surface area contributed by atoms with Gasteiger partial charge in [0.05, 0.1) is 4.90 Å². The second-order valence-electron chi connectivity index (χ2n) is 5.64. The summed E-state index contributed by atoms with van der Waals surface area (Å²) in [4.78, 5) is 1.30. The van der Waals surface area contributed by atoms with Gasteiger partial charge in [0.25, 0.3) is 0 Å². The molecule has 1 unspecified atom stereocenters. The van der Waals surface area contributed by atoms with Gasteiger partial charge in [0.2, 0.25) is 10.0 Å². The molecule has 0 aliphatic heterocycles. The molecule has 0 aliphatic rings. The first-order valence-electron chi connectivity index (χ1n) is 8.06. The van der Waals surface area contributed by atoms with Crippen LogP contribution in [0, 0.1) is 0 Å². The van der Waals surface area contributed by atoms with Crippen molar-refractivity contribution < 1.29 is 8.42 Å². The normalized spacial score (nSPS) is 12.7. The second-order valence-corrected chi connectivity index (χ2v) is 9.12. The molecular weight excluding hydrogens is 386 g/mol. The molecule has 3 aromatic carbocycles. The van der Waals surface area contributed by atoms with Crippen molar-refractivity contribution >= 4 is 33.4 Å². The molecule has 0 heterocycles. The third-order valence-corrected chi connectivity index (χ3v) is 6.73. The SMILES string of the molecule is O=S(=O)(NCC(Sc1ccccc1)c1ccccc1)c1ccc(Cl)cc1. The number of sulfonamides is 1. The number of benzene rings is 3. The minimum atomic E-state index is -3.59. The highest BCUT2D eigenvalue weighted by molar-refractivity contribution is 7.99. The first kappa shape index (κ1) is 19.0. The van der Waals surface area contributed by atoms with Crippen LogP contribution in [0.15, 0.2) is 94.7 Å². The maximum absolute atomic E-state index is 12.6. The third-order valence-electron chi connectivity index (χ3n) is 3.78. The fourth-order valence-corrected chi connectivity index (χ4v) is 4.82. The molecule has 0 saturated carbocycles. The molecule has 0 aliphatic carbocycles. The van der Waals surface area contributed by atoms with Gasteiger partial charge in [-0.05, 0) is 42.0 Å². The van der Waals surface area contributed by atoms with Crippen molar-refractivity contribution in [2.45, 2.75) is 15.0 Å². The van der Waals surface area contributed by atoms with Crippen LogP contribution >= 0.6 is 23.4 Å². The zero-order valence-electron chi connectivity index (χ0n) is 13.9. The van der Waals surface area contributed by atoms with Crippen molar-refractivity contribution in [1.29, 1.82) is 0 Å². The highest BCUT2D eigenvalue weighted by Crippen LogP contribution is 2.34. The molecule has 3 nitrogen and oxygen atoms in total. The monoisotopic (exact) mass is 403 g/mol. The van der Waals surface area contributed by atoms with Crippen LogP contribution in [-0.4, -0.2) is 15.0 Å². The second kappa shape index (κ2) is 8.73. The summed E-state index contributed by atoms with van der Waals surface area (Å²) >= 11 is 7.47. The van der Waals surface area contributed by atoms with Crippen molar-refractivity contribution in [1.82, 2.24) is 4.72 Å². The van der Waals surface area contributed by atoms with E-state index in [-0.39, 0.29) is 16.7 Å². The molecule has 6 heteroatoms. The molecule has 3 aromatic rings. The molecule has 0 saturated heterocycles. The van der Waals surface area contributed by atoms with E-state index in [0.29, 0.717) is 5.02 Å². The maximum atomic E-state index is 12.6. The zero-order chi connectivity index (χ0) is 18.4. The molecule has 1 N–H and O–H groups in total. The van der Waals surface area contributed by atoms with Crippen molar-refractivity contribution in [3.8, 4) is 0 Å². The minimum Gasteiger partial charge on any atom is -0.210 e. The summed E-state index contributed by atoms with van der Waals surface area (Å²) in [6.45, 7) is 0.286. The standard InChI is InChI=1S/C20H18ClNO2S2/c21-17-11-13-19(14-12-17)26(23,24)22-15-20(16-7-3-1-4-8-16)25-18-9-5-2-6-10-18/h1-14,20,22H,15H2. The average molecular weight is 404 g/mol. The summed E-state index contributed by atoms with van der Waals surface area (Å²) in [6, 6.07) is 26.0. The van der Waals surface area contributed by atoms with Crippen LogP contribution in [0.2, 0.25) is 5.02 Å². The summed E-state index contributed by atoms with van der Waals surface area (Å²) < 4.78 is 27.9. The predicted octanol–water partition coefficient (Wildman–Crippen LogP) is 5.15. The Morgan fingerprint density at radius 1 is 0.846 bits per heavy atom. The molecule has 0 spiro atoms. The van der Waals surface area contributed by atoms with E-state index in [2.05, 4.69) is 4.72 Å². The lowest BCUT2D eigenvalue weighted by Gasteiger charge is -2.18. The number of nitrogens with one attached hydrogen (secondary N) is 1. The van der Waals surface area contributed by atoms with Crippen LogP contribution in [-0.2, 0) is 10.0 Å². The lowest BCUT2D eigenvalue weighted by molar-refractivity contribution is 0.581. The Morgan fingerprint density at radius 2 is 1.42 bits per heavy atom. The maximum Gasteiger partial charge on any atom is 0.240 e. The number of hydrogen-bond acceptors (Lipinski definition) is 3. The van der Waals surface area contributed by atoms with Gasteiger partial charge in [-0.25, -0.2) is 13.1 Å². The highest BCUT2D eigenvalue weighted by atomic mass is 35.5. The Labute approximate surface area is 163 Å². The first-order valence-corrected chi connectivity index (χ1v) is 10.8. The van der Waals surface area contributed by atoms with Gasteiger partial charge in [0, 0.05) is 21.7 Å². The van der Waals surface area contributed by atoms with Crippen molar-refractivity contribution in [3.05, 3.63) is 95.5 Å². The van der Waals surface area contributed by atoms with Gasteiger partial charge in [0.15, 0.2) is 0 Å². The van der Waals surface area contributed by atoms with Crippen LogP contribution in [0.1, 0.15) is 10.8 Å². The van der Waals surface area contributed by atoms with Crippen molar-refractivity contribution in [3.63, 3.8) is 0 Å². The molecular formula is C20H18ClNO2S2. The van der Waals surface area contributed by atoms with Gasteiger partial charge >= 0.3 is 0 Å². The molecule has 1 atom stereocenters. The lowest BCUT2D eigenvalue weighted by Crippen LogP contribution is -2.27. The van der Waals surface area contributed by atoms with E-state index >= 15 is 0 Å². The Kier molecular flexibility index (Phi) is 6.38. The Bertz CT molecular complexity index is 931. The first-order chi connectivity index (χ1) is 12.5. The minimum absolute atomic E-state index is 0.0410. The van der Waals surface area contributed by atoms with Crippen molar-refractivity contribution in [2.24, 2.45) is 0 Å². The van der Waals surface area contributed by atoms with Gasteiger partial charge in [-0.3, -0.25) is 0 Å². The van der Waals surface area contributed by atoms with E-state index in [4.69, 9.17) is 11.6 Å². The van der Waals surface area contributed by atoms with E-state index in [1.54, 1.807) is 23.9 Å². The molecule has 0 fully saturated rings. The molecule has 0 aromatic heterocycles. The van der Waals surface area contributed by atoms with E-state index in [1.807, 2.05) is 60.7 Å². The van der Waals surface area contributed by atoms with E-state index < -0.39 is 10.0 Å². The molecule has 0 radical (unpaired) electrons. The van der Waals surface area contributed by atoms with Crippen LogP contribution < -0.4 is 4.72 Å². The lowest BCUT2D eigenvalue weighted by atomic mass is 10.1. The largest absolute Gasteiger partial charge is 0.240 e. The molecule has 0 amide bonds. The summed E-state index contributed by atoms with van der Waals surface area (Å²) in [5, 5.41) is 0.464. The van der Waals surface area contributed by atoms with Crippen LogP contribution in [0.4, 0.5) is 0 Å². The van der Waals surface area contributed by atoms with E-state index in [1.165, 1.54) is 12.1 Å². The molecule has 0 bridgehead atoms. The summed E-state index contributed by atoms with van der Waals surface area (Å²) in [5.41, 5.74) is 1.07. The van der Waals surface area contributed by atoms with Crippen LogP contribution in [0.25, 0.3) is 0 Å². The van der Waals surface area contributed by atoms with Crippen molar-refractivity contribution in [2.75, 3.05) is 6.54 Å². The van der Waals surface area contributed by atoms with E-state index in [9.17, 15) is 8.42 Å². The third kappa shape index (κ3) is 5.11. The summed E-state index contributed by atoms with van der Waals surface area (Å²) in [6.07, 6.45) is 0. The average Bonchev–Trinajstić information content (AvgIpc) is 2.67. The van der Waals surface area contributed by atoms with E-state index in [0.717, 1.165) is 10.5 Å². The number of halogens is 1. The smallest absolute Gasteiger partial charge is 0.210 e. The summed E-state index contributed by atoms with van der Waals surface area (Å²) in [5.74, 6) is 0. The fourth-order valence-electron chi connectivity index (χ4n) is 2.44. The zero-order valence-corrected chi connectivity index (χ0v) is 16.3. The van der Waals surface area contributed by atoms with Crippen LogP contribution in [0.5, 0.6) is 0 Å². The van der Waals surface area contributed by atoms with Gasteiger partial charge in [0.1, 0.15) is 0 Å². The molecule has 3 rings (SSSR count). The Hall–Kier alpha value is -1.79. The number of thioether (sulfide) groups is 1. The van der Waals surface area contributed by atoms with Gasteiger partial charge in [-0.2, -0.15) is 0 Å². The summed E-state index contributed by atoms with van der Waals surface area (Å²) in [7, 11) is -3.59. The number of hydrogen-bond donors (Lipinski definition) is 1. The topological polar surface area (TPSA) is 46.2 Å². The predicted molar refractivity (Wildman–Crippen MR) is 108 cm³/mol. The number of rotatable bonds is 7. The Morgan fingerprint density at radius 3 is 2.04 bits per heavy atom. The molecule has 26 heavy (non-hydrogen) atoms. The van der Waals surface area contributed by atoms with Gasteiger partial charge < -0.3 is 0 Å². The molecule has 134 valence electrons. The van der Waals surface area contributed by atoms with Gasteiger partial charge in [-0.15, -0.1) is 11.8 Å². The highest BCUT2D eigenvalue weighted by Gasteiger charge is 2.19. The fraction of sp³-hybridized carbons (Fsp3) is 0.100.